The second-order valence-corrected chi connectivity index (χ2v) is 3.16. The maximum absolute atomic E-state index is 9.57. The highest BCUT2D eigenvalue weighted by atomic mass is 16.4. The Morgan fingerprint density at radius 1 is 1.07 bits per heavy atom. The smallest absolute Gasteiger partial charge is 0.162 e. The molecule has 0 saturated heterocycles. The number of furan rings is 1. The van der Waals surface area contributed by atoms with Gasteiger partial charge in [0.05, 0.1) is 16.3 Å². The molecule has 3 rings (SSSR count). The highest BCUT2D eigenvalue weighted by Crippen LogP contribution is 2.37. The Balaban J connectivity index is 2.70. The molecule has 4 heteroatoms. The molecule has 0 saturated carbocycles. The number of rotatable bonds is 0. The summed E-state index contributed by atoms with van der Waals surface area (Å²) >= 11 is 0. The second-order valence-electron chi connectivity index (χ2n) is 3.16. The van der Waals surface area contributed by atoms with E-state index in [2.05, 4.69) is 4.98 Å². The van der Waals surface area contributed by atoms with Gasteiger partial charge in [0.15, 0.2) is 5.75 Å². The van der Waals surface area contributed by atoms with Crippen molar-refractivity contribution in [2.45, 2.75) is 0 Å². The van der Waals surface area contributed by atoms with Gasteiger partial charge in [0.1, 0.15) is 17.6 Å². The molecule has 0 aliphatic heterocycles. The first kappa shape index (κ1) is 7.32. The van der Waals surface area contributed by atoms with Gasteiger partial charge < -0.3 is 19.6 Å². The molecule has 0 radical (unpaired) electrons. The van der Waals surface area contributed by atoms with Crippen LogP contribution in [0.5, 0.6) is 11.5 Å². The van der Waals surface area contributed by atoms with Gasteiger partial charge in [-0.25, -0.2) is 0 Å². The van der Waals surface area contributed by atoms with Crippen molar-refractivity contribution in [2.75, 3.05) is 0 Å². The number of H-pyrrole nitrogens is 1. The van der Waals surface area contributed by atoms with Gasteiger partial charge in [-0.2, -0.15) is 0 Å². The minimum absolute atomic E-state index is 0.0421. The van der Waals surface area contributed by atoms with Crippen LogP contribution in [-0.4, -0.2) is 15.2 Å². The van der Waals surface area contributed by atoms with Crippen molar-refractivity contribution >= 4 is 21.9 Å². The molecule has 2 heterocycles. The Morgan fingerprint density at radius 3 is 2.79 bits per heavy atom. The van der Waals surface area contributed by atoms with Gasteiger partial charge in [-0.15, -0.1) is 0 Å². The average molecular weight is 189 g/mol. The summed E-state index contributed by atoms with van der Waals surface area (Å²) in [5.41, 5.74) is 1.33. The quantitative estimate of drug-likeness (QED) is 0.508. The van der Waals surface area contributed by atoms with Gasteiger partial charge >= 0.3 is 0 Å². The molecule has 0 unspecified atom stereocenters. The average Bonchev–Trinajstić information content (AvgIpc) is 2.72. The maximum atomic E-state index is 9.57. The molecule has 70 valence electrons. The van der Waals surface area contributed by atoms with Crippen molar-refractivity contribution < 1.29 is 14.6 Å². The Labute approximate surface area is 78.4 Å². The van der Waals surface area contributed by atoms with E-state index in [1.807, 2.05) is 0 Å². The number of hydrogen-bond donors (Lipinski definition) is 3. The molecule has 0 bridgehead atoms. The number of aromatic hydroxyl groups is 2. The summed E-state index contributed by atoms with van der Waals surface area (Å²) in [5.74, 6) is 0.155. The molecular formula is C10H7NO3. The molecule has 3 aromatic rings. The van der Waals surface area contributed by atoms with Gasteiger partial charge in [-0.05, 0) is 12.1 Å². The zero-order valence-corrected chi connectivity index (χ0v) is 7.11. The van der Waals surface area contributed by atoms with Crippen molar-refractivity contribution in [3.63, 3.8) is 0 Å². The zero-order valence-electron chi connectivity index (χ0n) is 7.11. The molecule has 0 aliphatic carbocycles. The molecule has 0 spiro atoms. The Hall–Kier alpha value is -2.10. The van der Waals surface area contributed by atoms with Crippen molar-refractivity contribution in [1.82, 2.24) is 4.98 Å². The molecule has 3 N–H and O–H groups in total. The van der Waals surface area contributed by atoms with E-state index in [4.69, 9.17) is 4.42 Å². The molecule has 0 aliphatic rings. The first-order chi connectivity index (χ1) is 6.77. The van der Waals surface area contributed by atoms with E-state index < -0.39 is 0 Å². The van der Waals surface area contributed by atoms with E-state index in [1.54, 1.807) is 12.1 Å². The van der Waals surface area contributed by atoms with Gasteiger partial charge in [0.2, 0.25) is 0 Å². The number of fused-ring (bicyclic) bond motifs is 3. The fourth-order valence-electron chi connectivity index (χ4n) is 1.72. The number of nitrogens with one attached hydrogen (secondary N) is 1. The lowest BCUT2D eigenvalue weighted by Gasteiger charge is -1.93. The van der Waals surface area contributed by atoms with E-state index in [0.29, 0.717) is 16.4 Å². The highest BCUT2D eigenvalue weighted by molar-refractivity contribution is 6.10. The molecule has 14 heavy (non-hydrogen) atoms. The number of benzene rings is 1. The lowest BCUT2D eigenvalue weighted by Crippen LogP contribution is -1.69. The largest absolute Gasteiger partial charge is 0.506 e. The van der Waals surface area contributed by atoms with Gasteiger partial charge in [0, 0.05) is 6.20 Å². The van der Waals surface area contributed by atoms with E-state index in [-0.39, 0.29) is 11.5 Å². The fourth-order valence-corrected chi connectivity index (χ4v) is 1.72. The molecule has 1 aromatic carbocycles. The summed E-state index contributed by atoms with van der Waals surface area (Å²) in [5, 5.41) is 20.2. The molecule has 2 aromatic heterocycles. The first-order valence-electron chi connectivity index (χ1n) is 4.16. The van der Waals surface area contributed by atoms with Crippen LogP contribution in [0.1, 0.15) is 0 Å². The van der Waals surface area contributed by atoms with Crippen LogP contribution in [0.3, 0.4) is 0 Å². The molecule has 0 fully saturated rings. The number of aromatic amines is 1. The van der Waals surface area contributed by atoms with Crippen LogP contribution in [0.15, 0.2) is 29.0 Å². The fraction of sp³-hybridized carbons (Fsp3) is 0. The van der Waals surface area contributed by atoms with Gasteiger partial charge in [-0.1, -0.05) is 0 Å². The van der Waals surface area contributed by atoms with E-state index in [1.165, 1.54) is 12.5 Å². The Morgan fingerprint density at radius 2 is 1.93 bits per heavy atom. The SMILES string of the molecule is Oc1c[nH]c2ccc3occ(O)c3c12. The molecule has 4 nitrogen and oxygen atoms in total. The Kier molecular flexibility index (Phi) is 1.16. The predicted molar refractivity (Wildman–Crippen MR) is 51.4 cm³/mol. The third kappa shape index (κ3) is 0.724. The topological polar surface area (TPSA) is 69.4 Å². The zero-order chi connectivity index (χ0) is 9.71. The minimum atomic E-state index is 0.0421. The number of hydrogen-bond acceptors (Lipinski definition) is 3. The molecule has 0 atom stereocenters. The number of aromatic nitrogens is 1. The van der Waals surface area contributed by atoms with E-state index >= 15 is 0 Å². The molecule has 0 amide bonds. The summed E-state index contributed by atoms with van der Waals surface area (Å²) in [6.07, 6.45) is 2.74. The summed E-state index contributed by atoms with van der Waals surface area (Å²) in [4.78, 5) is 2.89. The highest BCUT2D eigenvalue weighted by Gasteiger charge is 2.12. The third-order valence-electron chi connectivity index (χ3n) is 2.34. The summed E-state index contributed by atoms with van der Waals surface area (Å²) in [6.45, 7) is 0. The summed E-state index contributed by atoms with van der Waals surface area (Å²) < 4.78 is 5.11. The molecular weight excluding hydrogens is 182 g/mol. The van der Waals surface area contributed by atoms with Gasteiger partial charge in [-0.3, -0.25) is 0 Å². The Bertz CT molecular complexity index is 565. The standard InChI is InChI=1S/C10H7NO3/c12-6-3-11-5-1-2-8-10(9(5)6)7(13)4-14-8/h1-4,11-13H. The van der Waals surface area contributed by atoms with Crippen LogP contribution in [0, 0.1) is 0 Å². The van der Waals surface area contributed by atoms with Crippen LogP contribution < -0.4 is 0 Å². The second kappa shape index (κ2) is 2.23. The normalized spacial score (nSPS) is 11.4. The first-order valence-corrected chi connectivity index (χ1v) is 4.16. The van der Waals surface area contributed by atoms with Crippen LogP contribution >= 0.6 is 0 Å². The van der Waals surface area contributed by atoms with Crippen LogP contribution in [0.25, 0.3) is 21.9 Å². The van der Waals surface area contributed by atoms with E-state index in [0.717, 1.165) is 5.52 Å². The van der Waals surface area contributed by atoms with Gasteiger partial charge in [0.25, 0.3) is 0 Å². The summed E-state index contributed by atoms with van der Waals surface area (Å²) in [7, 11) is 0. The van der Waals surface area contributed by atoms with Crippen LogP contribution in [-0.2, 0) is 0 Å². The van der Waals surface area contributed by atoms with E-state index in [9.17, 15) is 10.2 Å². The maximum Gasteiger partial charge on any atom is 0.162 e. The van der Waals surface area contributed by atoms with Crippen LogP contribution in [0.2, 0.25) is 0 Å². The monoisotopic (exact) mass is 189 g/mol. The predicted octanol–water partition coefficient (Wildman–Crippen LogP) is 2.33. The van der Waals surface area contributed by atoms with Crippen LogP contribution in [0.4, 0.5) is 0 Å². The lowest BCUT2D eigenvalue weighted by atomic mass is 10.1. The van der Waals surface area contributed by atoms with Crippen molar-refractivity contribution in [3.05, 3.63) is 24.6 Å². The van der Waals surface area contributed by atoms with Crippen molar-refractivity contribution in [2.24, 2.45) is 0 Å². The minimum Gasteiger partial charge on any atom is -0.506 e. The third-order valence-corrected chi connectivity index (χ3v) is 2.34. The van der Waals surface area contributed by atoms with Crippen molar-refractivity contribution in [3.8, 4) is 11.5 Å². The lowest BCUT2D eigenvalue weighted by molar-refractivity contribution is 0.464. The van der Waals surface area contributed by atoms with Crippen molar-refractivity contribution in [1.29, 1.82) is 0 Å². The summed E-state index contributed by atoms with van der Waals surface area (Å²) in [6, 6.07) is 3.54.